The van der Waals surface area contributed by atoms with E-state index < -0.39 is 12.1 Å². The van der Waals surface area contributed by atoms with Gasteiger partial charge < -0.3 is 10.1 Å². The molecule has 0 spiro atoms. The first-order chi connectivity index (χ1) is 13.1. The van der Waals surface area contributed by atoms with Crippen LogP contribution in [0.2, 0.25) is 0 Å². The van der Waals surface area contributed by atoms with Crippen molar-refractivity contribution in [2.24, 2.45) is 0 Å². The number of aromatic nitrogens is 2. The zero-order valence-electron chi connectivity index (χ0n) is 15.1. The van der Waals surface area contributed by atoms with Crippen molar-refractivity contribution in [2.75, 3.05) is 0 Å². The lowest BCUT2D eigenvalue weighted by Crippen LogP contribution is -2.41. The molecule has 1 amide bonds. The van der Waals surface area contributed by atoms with E-state index in [0.717, 1.165) is 24.8 Å². The summed E-state index contributed by atoms with van der Waals surface area (Å²) >= 11 is 0. The topological polar surface area (TPSA) is 90.3 Å². The number of imidazole rings is 1. The van der Waals surface area contributed by atoms with Crippen molar-refractivity contribution in [3.8, 4) is 0 Å². The van der Waals surface area contributed by atoms with Crippen LogP contribution in [0, 0.1) is 0 Å². The Balaban J connectivity index is 1.59. The zero-order valence-corrected chi connectivity index (χ0v) is 15.1. The summed E-state index contributed by atoms with van der Waals surface area (Å²) in [5, 5.41) is 2.79. The maximum atomic E-state index is 12.3. The molecule has 1 saturated heterocycles. The molecule has 0 saturated carbocycles. The van der Waals surface area contributed by atoms with Crippen LogP contribution in [0.4, 0.5) is 4.79 Å². The number of amides is 1. The van der Waals surface area contributed by atoms with Crippen molar-refractivity contribution in [2.45, 2.75) is 51.2 Å². The summed E-state index contributed by atoms with van der Waals surface area (Å²) in [6.07, 6.45) is 6.00. The molecule has 1 aromatic heterocycles. The number of ketones is 1. The van der Waals surface area contributed by atoms with Gasteiger partial charge >= 0.3 is 6.09 Å². The number of nitrogens with zero attached hydrogens (tertiary/aromatic N) is 2. The second-order valence-corrected chi connectivity index (χ2v) is 6.66. The molecule has 1 N–H and O–H groups in total. The molecular weight excluding hydrogens is 346 g/mol. The maximum absolute atomic E-state index is 12.3. The van der Waals surface area contributed by atoms with Crippen LogP contribution >= 0.6 is 0 Å². The Morgan fingerprint density at radius 1 is 1.15 bits per heavy atom. The van der Waals surface area contributed by atoms with E-state index in [9.17, 15) is 14.4 Å². The molecule has 3 rings (SSSR count). The van der Waals surface area contributed by atoms with Crippen molar-refractivity contribution in [3.63, 3.8) is 0 Å². The molecule has 1 aliphatic heterocycles. The highest BCUT2D eigenvalue weighted by atomic mass is 16.5. The van der Waals surface area contributed by atoms with Crippen LogP contribution in [0.15, 0.2) is 42.9 Å². The standard InChI is InChI=1S/C20H23N3O4/c24-18-9-5-2-6-10-19(25)22-17(18)11-16-12-23(14-21-16)20(26)27-13-15-7-3-1-4-8-15/h1,3-4,7-8,12,14,17H,2,5-6,9-11,13H2,(H,22,25)/t17-/m0/s1. The normalized spacial score (nSPS) is 18.1. The van der Waals surface area contributed by atoms with E-state index in [1.54, 1.807) is 6.20 Å². The van der Waals surface area contributed by atoms with Crippen LogP contribution in [0.1, 0.15) is 43.4 Å². The van der Waals surface area contributed by atoms with Crippen molar-refractivity contribution in [3.05, 3.63) is 54.1 Å². The van der Waals surface area contributed by atoms with Gasteiger partial charge in [-0.2, -0.15) is 0 Å². The summed E-state index contributed by atoms with van der Waals surface area (Å²) in [4.78, 5) is 40.6. The summed E-state index contributed by atoms with van der Waals surface area (Å²) in [5.74, 6) is -0.108. The summed E-state index contributed by atoms with van der Waals surface area (Å²) in [5.41, 5.74) is 1.45. The number of ether oxygens (including phenoxy) is 1. The number of benzene rings is 1. The Labute approximate surface area is 157 Å². The lowest BCUT2D eigenvalue weighted by atomic mass is 10.0. The summed E-state index contributed by atoms with van der Waals surface area (Å²) in [6.45, 7) is 0.171. The van der Waals surface area contributed by atoms with Gasteiger partial charge in [0.1, 0.15) is 12.9 Å². The lowest BCUT2D eigenvalue weighted by Gasteiger charge is -2.15. The highest BCUT2D eigenvalue weighted by Gasteiger charge is 2.23. The molecule has 1 fully saturated rings. The summed E-state index contributed by atoms with van der Waals surface area (Å²) in [7, 11) is 0. The Hall–Kier alpha value is -2.96. The largest absolute Gasteiger partial charge is 0.444 e. The van der Waals surface area contributed by atoms with Gasteiger partial charge in [-0.05, 0) is 18.4 Å². The molecule has 27 heavy (non-hydrogen) atoms. The average molecular weight is 369 g/mol. The molecular formula is C20H23N3O4. The second kappa shape index (κ2) is 9.12. The molecule has 7 nitrogen and oxygen atoms in total. The fraction of sp³-hybridized carbons (Fsp3) is 0.400. The van der Waals surface area contributed by atoms with Gasteiger partial charge in [-0.3, -0.25) is 9.59 Å². The van der Waals surface area contributed by atoms with Crippen molar-refractivity contribution < 1.29 is 19.1 Å². The molecule has 1 atom stereocenters. The lowest BCUT2D eigenvalue weighted by molar-refractivity contribution is -0.127. The number of nitrogens with one attached hydrogen (secondary N) is 1. The third-order valence-corrected chi connectivity index (χ3v) is 4.52. The maximum Gasteiger partial charge on any atom is 0.419 e. The molecule has 0 radical (unpaired) electrons. The Morgan fingerprint density at radius 3 is 2.74 bits per heavy atom. The molecule has 142 valence electrons. The average Bonchev–Trinajstić information content (AvgIpc) is 3.16. The number of rotatable bonds is 4. The monoisotopic (exact) mass is 369 g/mol. The molecule has 1 aromatic carbocycles. The van der Waals surface area contributed by atoms with Gasteiger partial charge in [0.05, 0.1) is 11.7 Å². The second-order valence-electron chi connectivity index (χ2n) is 6.66. The first-order valence-corrected chi connectivity index (χ1v) is 9.18. The third-order valence-electron chi connectivity index (χ3n) is 4.52. The highest BCUT2D eigenvalue weighted by Crippen LogP contribution is 2.12. The van der Waals surface area contributed by atoms with Gasteiger partial charge in [-0.1, -0.05) is 36.8 Å². The third kappa shape index (κ3) is 5.51. The van der Waals surface area contributed by atoms with Gasteiger partial charge in [0, 0.05) is 25.5 Å². The minimum absolute atomic E-state index is 0.00598. The fourth-order valence-corrected chi connectivity index (χ4v) is 3.02. The molecule has 0 unspecified atom stereocenters. The minimum atomic E-state index is -0.598. The molecule has 0 bridgehead atoms. The van der Waals surface area contributed by atoms with E-state index in [-0.39, 0.29) is 24.7 Å². The minimum Gasteiger partial charge on any atom is -0.444 e. The summed E-state index contributed by atoms with van der Waals surface area (Å²) < 4.78 is 6.51. The Kier molecular flexibility index (Phi) is 6.35. The number of Topliss-reactive ketones (excluding diaryl/α,β-unsaturated/α-hetero) is 1. The van der Waals surface area contributed by atoms with Crippen LogP contribution in [-0.4, -0.2) is 33.4 Å². The fourth-order valence-electron chi connectivity index (χ4n) is 3.02. The zero-order chi connectivity index (χ0) is 19.1. The predicted molar refractivity (Wildman–Crippen MR) is 98.0 cm³/mol. The van der Waals surface area contributed by atoms with Gasteiger partial charge in [-0.25, -0.2) is 14.3 Å². The van der Waals surface area contributed by atoms with Crippen LogP contribution in [0.5, 0.6) is 0 Å². The van der Waals surface area contributed by atoms with Crippen LogP contribution in [0.3, 0.4) is 0 Å². The van der Waals surface area contributed by atoms with Crippen LogP contribution in [-0.2, 0) is 27.4 Å². The van der Waals surface area contributed by atoms with E-state index in [4.69, 9.17) is 4.74 Å². The van der Waals surface area contributed by atoms with Crippen molar-refractivity contribution >= 4 is 17.8 Å². The predicted octanol–water partition coefficient (Wildman–Crippen LogP) is 2.63. The molecule has 0 aliphatic carbocycles. The SMILES string of the molecule is O=C1CCCCCC(=O)[C@H](Cc2cn(C(=O)OCc3ccccc3)cn2)N1. The van der Waals surface area contributed by atoms with Crippen LogP contribution < -0.4 is 5.32 Å². The number of carbonyl (C=O) groups is 3. The van der Waals surface area contributed by atoms with Gasteiger partial charge in [0.2, 0.25) is 5.91 Å². The smallest absolute Gasteiger partial charge is 0.419 e. The molecule has 2 heterocycles. The van der Waals surface area contributed by atoms with Gasteiger partial charge in [0.15, 0.2) is 5.78 Å². The first kappa shape index (κ1) is 18.8. The quantitative estimate of drug-likeness (QED) is 0.895. The first-order valence-electron chi connectivity index (χ1n) is 9.18. The van der Waals surface area contributed by atoms with Crippen molar-refractivity contribution in [1.29, 1.82) is 0 Å². The molecule has 1 aliphatic rings. The summed E-state index contributed by atoms with van der Waals surface area (Å²) in [6, 6.07) is 8.79. The number of hydrogen-bond acceptors (Lipinski definition) is 5. The van der Waals surface area contributed by atoms with Crippen molar-refractivity contribution in [1.82, 2.24) is 14.9 Å². The number of carbonyl (C=O) groups excluding carboxylic acids is 3. The van der Waals surface area contributed by atoms with Gasteiger partial charge in [-0.15, -0.1) is 0 Å². The van der Waals surface area contributed by atoms with Gasteiger partial charge in [0.25, 0.3) is 0 Å². The van der Waals surface area contributed by atoms with E-state index in [1.165, 1.54) is 10.9 Å². The molecule has 2 aromatic rings. The van der Waals surface area contributed by atoms with E-state index in [2.05, 4.69) is 10.3 Å². The van der Waals surface area contributed by atoms with E-state index in [1.807, 2.05) is 30.3 Å². The van der Waals surface area contributed by atoms with Crippen LogP contribution in [0.25, 0.3) is 0 Å². The number of hydrogen-bond donors (Lipinski definition) is 1. The molecule has 7 heteroatoms. The highest BCUT2D eigenvalue weighted by molar-refractivity contribution is 5.89. The Bertz CT molecular complexity index is 801. The van der Waals surface area contributed by atoms with E-state index >= 15 is 0 Å². The Morgan fingerprint density at radius 2 is 1.93 bits per heavy atom. The van der Waals surface area contributed by atoms with E-state index in [0.29, 0.717) is 18.5 Å².